The fraction of sp³-hybridized carbons (Fsp3) is 1.00. The molecule has 0 aromatic carbocycles. The molecular weight excluding hydrogens is 150 g/mol. The molecule has 5 nitrogen and oxygen atoms in total. The molecule has 0 aliphatic carbocycles. The second-order valence-electron chi connectivity index (χ2n) is 2.93. The first-order chi connectivity index (χ1) is 5.20. The summed E-state index contributed by atoms with van der Waals surface area (Å²) in [6, 6.07) is -0.635. The van der Waals surface area contributed by atoms with E-state index in [2.05, 4.69) is 0 Å². The molecule has 5 heteroatoms. The van der Waals surface area contributed by atoms with Gasteiger partial charge in [0, 0.05) is 0 Å². The lowest BCUT2D eigenvalue weighted by Gasteiger charge is -2.33. The van der Waals surface area contributed by atoms with Gasteiger partial charge in [-0.25, -0.2) is 0 Å². The van der Waals surface area contributed by atoms with Gasteiger partial charge in [-0.3, -0.25) is 0 Å². The van der Waals surface area contributed by atoms with Crippen LogP contribution in [0.15, 0.2) is 0 Å². The normalized spacial score (nSPS) is 56.5. The van der Waals surface area contributed by atoms with Gasteiger partial charge in [0.2, 0.25) is 0 Å². The predicted octanol–water partition coefficient (Wildman–Crippen LogP) is -2.21. The van der Waals surface area contributed by atoms with Gasteiger partial charge in [0.15, 0.2) is 6.29 Å². The molecule has 2 aliphatic rings. The Bertz CT molecular complexity index is 145. The summed E-state index contributed by atoms with van der Waals surface area (Å²) < 4.78 is 10.2. The Kier molecular flexibility index (Phi) is 1.62. The van der Waals surface area contributed by atoms with Gasteiger partial charge >= 0.3 is 0 Å². The van der Waals surface area contributed by atoms with E-state index in [0.29, 0.717) is 6.61 Å². The van der Waals surface area contributed by atoms with Gasteiger partial charge in [-0.05, 0) is 0 Å². The van der Waals surface area contributed by atoms with E-state index < -0.39 is 30.6 Å². The van der Waals surface area contributed by atoms with Crippen molar-refractivity contribution >= 4 is 0 Å². The van der Waals surface area contributed by atoms with Crippen LogP contribution in [0.4, 0.5) is 0 Å². The van der Waals surface area contributed by atoms with Gasteiger partial charge in [-0.15, -0.1) is 0 Å². The number of ether oxygens (including phenoxy) is 2. The second-order valence-corrected chi connectivity index (χ2v) is 2.93. The van der Waals surface area contributed by atoms with Crippen molar-refractivity contribution in [2.24, 2.45) is 5.73 Å². The van der Waals surface area contributed by atoms with E-state index >= 15 is 0 Å². The third-order valence-electron chi connectivity index (χ3n) is 2.17. The minimum Gasteiger partial charge on any atom is -0.388 e. The van der Waals surface area contributed by atoms with Crippen molar-refractivity contribution in [2.45, 2.75) is 30.6 Å². The molecule has 0 amide bonds. The smallest absolute Gasteiger partial charge is 0.175 e. The first-order valence-electron chi connectivity index (χ1n) is 3.59. The molecule has 2 saturated heterocycles. The van der Waals surface area contributed by atoms with Crippen LogP contribution in [-0.2, 0) is 9.47 Å². The van der Waals surface area contributed by atoms with E-state index in [1.807, 2.05) is 0 Å². The first-order valence-corrected chi connectivity index (χ1v) is 3.59. The molecule has 4 N–H and O–H groups in total. The molecule has 0 radical (unpaired) electrons. The Labute approximate surface area is 63.7 Å². The summed E-state index contributed by atoms with van der Waals surface area (Å²) in [6.07, 6.45) is -2.79. The van der Waals surface area contributed by atoms with Crippen molar-refractivity contribution in [2.75, 3.05) is 6.61 Å². The van der Waals surface area contributed by atoms with Crippen LogP contribution >= 0.6 is 0 Å². The quantitative estimate of drug-likeness (QED) is 0.375. The highest BCUT2D eigenvalue weighted by atomic mass is 16.7. The monoisotopic (exact) mass is 161 g/mol. The van der Waals surface area contributed by atoms with E-state index in [0.717, 1.165) is 0 Å². The topological polar surface area (TPSA) is 84.9 Å². The minimum absolute atomic E-state index is 0.316. The zero-order valence-corrected chi connectivity index (χ0v) is 5.88. The molecule has 0 aromatic heterocycles. The molecule has 0 unspecified atom stereocenters. The SMILES string of the molecule is N[C@@H]1[C@@H]2OC[C@@H](O2)[C@H](O)[C@@H]1O. The number of fused-ring (bicyclic) bond motifs is 2. The van der Waals surface area contributed by atoms with Crippen LogP contribution in [0.25, 0.3) is 0 Å². The second kappa shape index (κ2) is 2.40. The van der Waals surface area contributed by atoms with Crippen molar-refractivity contribution in [1.82, 2.24) is 0 Å². The summed E-state index contributed by atoms with van der Waals surface area (Å²) in [6.45, 7) is 0.316. The van der Waals surface area contributed by atoms with Gasteiger partial charge in [-0.1, -0.05) is 0 Å². The van der Waals surface area contributed by atoms with Crippen LogP contribution in [-0.4, -0.2) is 47.5 Å². The van der Waals surface area contributed by atoms with E-state index in [-0.39, 0.29) is 0 Å². The number of hydrogen-bond acceptors (Lipinski definition) is 5. The average molecular weight is 161 g/mol. The largest absolute Gasteiger partial charge is 0.388 e. The zero-order valence-electron chi connectivity index (χ0n) is 5.88. The number of rotatable bonds is 0. The highest BCUT2D eigenvalue weighted by Crippen LogP contribution is 2.26. The van der Waals surface area contributed by atoms with Crippen LogP contribution < -0.4 is 5.73 Å². The van der Waals surface area contributed by atoms with Gasteiger partial charge < -0.3 is 25.4 Å². The van der Waals surface area contributed by atoms with Gasteiger partial charge in [0.25, 0.3) is 0 Å². The van der Waals surface area contributed by atoms with Crippen molar-refractivity contribution in [3.63, 3.8) is 0 Å². The Morgan fingerprint density at radius 3 is 2.73 bits per heavy atom. The number of nitrogens with two attached hydrogens (primary N) is 1. The predicted molar refractivity (Wildman–Crippen MR) is 34.6 cm³/mol. The molecule has 2 fully saturated rings. The van der Waals surface area contributed by atoms with E-state index in [1.165, 1.54) is 0 Å². The maximum absolute atomic E-state index is 9.30. The third-order valence-corrected chi connectivity index (χ3v) is 2.17. The molecule has 0 aromatic rings. The third kappa shape index (κ3) is 0.969. The molecule has 5 atom stereocenters. The van der Waals surface area contributed by atoms with E-state index in [1.54, 1.807) is 0 Å². The van der Waals surface area contributed by atoms with Gasteiger partial charge in [0.05, 0.1) is 12.6 Å². The fourth-order valence-electron chi connectivity index (χ4n) is 1.43. The number of aliphatic hydroxyl groups excluding tert-OH is 2. The molecule has 0 spiro atoms. The number of aliphatic hydroxyl groups is 2. The van der Waals surface area contributed by atoms with E-state index in [4.69, 9.17) is 15.2 Å². The number of hydrogen-bond donors (Lipinski definition) is 3. The zero-order chi connectivity index (χ0) is 8.01. The molecule has 64 valence electrons. The molecule has 2 heterocycles. The summed E-state index contributed by atoms with van der Waals surface area (Å²) in [4.78, 5) is 0. The lowest BCUT2D eigenvalue weighted by atomic mass is 10.00. The maximum Gasteiger partial charge on any atom is 0.175 e. The lowest BCUT2D eigenvalue weighted by Crippen LogP contribution is -2.57. The van der Waals surface area contributed by atoms with Crippen LogP contribution in [0, 0.1) is 0 Å². The van der Waals surface area contributed by atoms with Crippen molar-refractivity contribution in [1.29, 1.82) is 0 Å². The fourth-order valence-corrected chi connectivity index (χ4v) is 1.43. The highest BCUT2D eigenvalue weighted by molar-refractivity contribution is 4.94. The Morgan fingerprint density at radius 2 is 2.00 bits per heavy atom. The van der Waals surface area contributed by atoms with Crippen molar-refractivity contribution in [3.05, 3.63) is 0 Å². The molecule has 11 heavy (non-hydrogen) atoms. The summed E-state index contributed by atoms with van der Waals surface area (Å²) in [5.41, 5.74) is 5.49. The minimum atomic E-state index is -0.929. The lowest BCUT2D eigenvalue weighted by molar-refractivity contribution is -0.177. The summed E-state index contributed by atoms with van der Waals surface area (Å²) in [5, 5.41) is 18.6. The van der Waals surface area contributed by atoms with E-state index in [9.17, 15) is 10.2 Å². The molecule has 2 bridgehead atoms. The van der Waals surface area contributed by atoms with Crippen LogP contribution in [0.5, 0.6) is 0 Å². The van der Waals surface area contributed by atoms with Crippen LogP contribution in [0.3, 0.4) is 0 Å². The van der Waals surface area contributed by atoms with Gasteiger partial charge in [-0.2, -0.15) is 0 Å². The van der Waals surface area contributed by atoms with Crippen LogP contribution in [0.1, 0.15) is 0 Å². The summed E-state index contributed by atoms with van der Waals surface area (Å²) in [7, 11) is 0. The summed E-state index contributed by atoms with van der Waals surface area (Å²) in [5.74, 6) is 0. The Balaban J connectivity index is 2.16. The Hall–Kier alpha value is -0.200. The molecule has 2 aliphatic heterocycles. The first kappa shape index (κ1) is 7.45. The molecule has 0 saturated carbocycles. The standard InChI is InChI=1S/C6H11NO4/c7-3-5(9)4(8)2-1-10-6(3)11-2/h2-6,8-9H,1,7H2/t2-,3+,4+,5-,6-/m1/s1. The van der Waals surface area contributed by atoms with Crippen LogP contribution in [0.2, 0.25) is 0 Å². The van der Waals surface area contributed by atoms with Gasteiger partial charge in [0.1, 0.15) is 18.3 Å². The van der Waals surface area contributed by atoms with Crippen molar-refractivity contribution < 1.29 is 19.7 Å². The molecule has 2 rings (SSSR count). The maximum atomic E-state index is 9.30. The Morgan fingerprint density at radius 1 is 1.27 bits per heavy atom. The highest BCUT2D eigenvalue weighted by Gasteiger charge is 2.47. The molecular formula is C6H11NO4. The van der Waals surface area contributed by atoms with Crippen molar-refractivity contribution in [3.8, 4) is 0 Å². The average Bonchev–Trinajstić information content (AvgIpc) is 2.44. The summed E-state index contributed by atoms with van der Waals surface area (Å²) >= 11 is 0.